The molecule has 154 valence electrons. The number of aryl methyl sites for hydroxylation is 1. The number of hydrogen-bond donors (Lipinski definition) is 1. The van der Waals surface area contributed by atoms with Crippen LogP contribution in [0.2, 0.25) is 0 Å². The largest absolute Gasteiger partial charge is 0.494 e. The minimum Gasteiger partial charge on any atom is -0.494 e. The van der Waals surface area contributed by atoms with Gasteiger partial charge in [0, 0.05) is 5.69 Å². The summed E-state index contributed by atoms with van der Waals surface area (Å²) in [5, 5.41) is 0. The Bertz CT molecular complexity index is 784. The lowest BCUT2D eigenvalue weighted by molar-refractivity contribution is 0.304. The summed E-state index contributed by atoms with van der Waals surface area (Å²) in [6.07, 6.45) is 10.1. The highest BCUT2D eigenvalue weighted by Crippen LogP contribution is 2.20. The number of sulfonamides is 1. The number of anilines is 1. The quantitative estimate of drug-likeness (QED) is 0.398. The average molecular weight is 404 g/mol. The normalized spacial score (nSPS) is 11.4. The molecule has 0 saturated carbocycles. The fourth-order valence-corrected chi connectivity index (χ4v) is 4.04. The second-order valence-corrected chi connectivity index (χ2v) is 8.95. The van der Waals surface area contributed by atoms with Gasteiger partial charge in [0.25, 0.3) is 10.0 Å². The first-order valence-corrected chi connectivity index (χ1v) is 11.8. The molecule has 0 aliphatic rings. The zero-order chi connectivity index (χ0) is 20.2. The van der Waals surface area contributed by atoms with Crippen molar-refractivity contribution in [3.8, 4) is 5.75 Å². The van der Waals surface area contributed by atoms with Crippen LogP contribution in [0.4, 0.5) is 5.69 Å². The lowest BCUT2D eigenvalue weighted by atomic mass is 10.1. The van der Waals surface area contributed by atoms with E-state index in [1.54, 1.807) is 36.4 Å². The molecule has 0 heterocycles. The maximum Gasteiger partial charge on any atom is 0.261 e. The van der Waals surface area contributed by atoms with Crippen LogP contribution in [0.25, 0.3) is 0 Å². The van der Waals surface area contributed by atoms with Crippen LogP contribution in [-0.4, -0.2) is 15.0 Å². The molecular formula is C23H33NO3S. The van der Waals surface area contributed by atoms with E-state index in [0.717, 1.165) is 12.0 Å². The summed E-state index contributed by atoms with van der Waals surface area (Å²) in [5.41, 5.74) is 1.64. The molecule has 2 rings (SSSR count). The van der Waals surface area contributed by atoms with E-state index in [2.05, 4.69) is 11.6 Å². The van der Waals surface area contributed by atoms with Gasteiger partial charge in [0.1, 0.15) is 5.75 Å². The van der Waals surface area contributed by atoms with Crippen molar-refractivity contribution in [2.45, 2.75) is 70.1 Å². The SMILES string of the molecule is CCCCCCCCCCOc1ccc(S(=O)(=O)Nc2ccc(C)cc2)cc1. The van der Waals surface area contributed by atoms with Crippen molar-refractivity contribution in [3.63, 3.8) is 0 Å². The molecule has 4 nitrogen and oxygen atoms in total. The number of benzene rings is 2. The molecule has 0 saturated heterocycles. The van der Waals surface area contributed by atoms with Crippen LogP contribution in [-0.2, 0) is 10.0 Å². The lowest BCUT2D eigenvalue weighted by Gasteiger charge is -2.10. The molecule has 0 amide bonds. The maximum absolute atomic E-state index is 12.5. The minimum atomic E-state index is -3.59. The Morgan fingerprint density at radius 3 is 1.96 bits per heavy atom. The van der Waals surface area contributed by atoms with Gasteiger partial charge in [-0.2, -0.15) is 0 Å². The van der Waals surface area contributed by atoms with Crippen LogP contribution in [0.3, 0.4) is 0 Å². The zero-order valence-electron chi connectivity index (χ0n) is 17.1. The Hall–Kier alpha value is -2.01. The molecule has 0 radical (unpaired) electrons. The van der Waals surface area contributed by atoms with E-state index in [9.17, 15) is 8.42 Å². The third-order valence-corrected chi connectivity index (χ3v) is 6.10. The molecule has 1 N–H and O–H groups in total. The number of hydrogen-bond acceptors (Lipinski definition) is 3. The molecule has 0 fully saturated rings. The summed E-state index contributed by atoms with van der Waals surface area (Å²) in [4.78, 5) is 0.229. The van der Waals surface area contributed by atoms with E-state index in [1.165, 1.54) is 44.9 Å². The number of ether oxygens (including phenoxy) is 1. The highest BCUT2D eigenvalue weighted by atomic mass is 32.2. The van der Waals surface area contributed by atoms with Crippen LogP contribution in [0.5, 0.6) is 5.75 Å². The molecule has 0 bridgehead atoms. The van der Waals surface area contributed by atoms with Gasteiger partial charge in [0.15, 0.2) is 0 Å². The van der Waals surface area contributed by atoms with Gasteiger partial charge in [-0.15, -0.1) is 0 Å². The molecule has 28 heavy (non-hydrogen) atoms. The summed E-state index contributed by atoms with van der Waals surface area (Å²) in [5.74, 6) is 0.706. The van der Waals surface area contributed by atoms with Crippen molar-refractivity contribution in [1.82, 2.24) is 0 Å². The monoisotopic (exact) mass is 403 g/mol. The van der Waals surface area contributed by atoms with Crippen molar-refractivity contribution >= 4 is 15.7 Å². The van der Waals surface area contributed by atoms with Gasteiger partial charge in [-0.25, -0.2) is 8.42 Å². The van der Waals surface area contributed by atoms with E-state index in [1.807, 2.05) is 19.1 Å². The van der Waals surface area contributed by atoms with Gasteiger partial charge < -0.3 is 4.74 Å². The highest BCUT2D eigenvalue weighted by Gasteiger charge is 2.14. The average Bonchev–Trinajstić information content (AvgIpc) is 2.69. The number of unbranched alkanes of at least 4 members (excludes halogenated alkanes) is 7. The molecule has 0 aromatic heterocycles. The second kappa shape index (κ2) is 11.7. The predicted molar refractivity (Wildman–Crippen MR) is 117 cm³/mol. The molecule has 0 spiro atoms. The van der Waals surface area contributed by atoms with E-state index < -0.39 is 10.0 Å². The predicted octanol–water partition coefficient (Wildman–Crippen LogP) is 6.32. The van der Waals surface area contributed by atoms with Crippen LogP contribution in [0.15, 0.2) is 53.4 Å². The Kier molecular flexibility index (Phi) is 9.35. The summed E-state index contributed by atoms with van der Waals surface area (Å²) in [6.45, 7) is 4.87. The lowest BCUT2D eigenvalue weighted by Crippen LogP contribution is -2.12. The van der Waals surface area contributed by atoms with Gasteiger partial charge in [0.2, 0.25) is 0 Å². The fraction of sp³-hybridized carbons (Fsp3) is 0.478. The zero-order valence-corrected chi connectivity index (χ0v) is 17.9. The Morgan fingerprint density at radius 1 is 0.786 bits per heavy atom. The van der Waals surface area contributed by atoms with Crippen molar-refractivity contribution in [2.75, 3.05) is 11.3 Å². The van der Waals surface area contributed by atoms with Gasteiger partial charge in [0.05, 0.1) is 11.5 Å². The standard InChI is InChI=1S/C23H33NO3S/c1-3-4-5-6-7-8-9-10-19-27-22-15-17-23(18-16-22)28(25,26)24-21-13-11-20(2)12-14-21/h11-18,24H,3-10,19H2,1-2H3. The second-order valence-electron chi connectivity index (χ2n) is 7.27. The van der Waals surface area contributed by atoms with Crippen LogP contribution < -0.4 is 9.46 Å². The van der Waals surface area contributed by atoms with Crippen LogP contribution in [0, 0.1) is 6.92 Å². The van der Waals surface area contributed by atoms with E-state index >= 15 is 0 Å². The molecular weight excluding hydrogens is 370 g/mol. The van der Waals surface area contributed by atoms with Crippen LogP contribution >= 0.6 is 0 Å². The number of rotatable bonds is 13. The topological polar surface area (TPSA) is 55.4 Å². The highest BCUT2D eigenvalue weighted by molar-refractivity contribution is 7.92. The molecule has 0 aliphatic carbocycles. The Balaban J connectivity index is 1.72. The first-order valence-electron chi connectivity index (χ1n) is 10.3. The summed E-state index contributed by atoms with van der Waals surface area (Å²) in [7, 11) is -3.59. The van der Waals surface area contributed by atoms with E-state index in [4.69, 9.17) is 4.74 Å². The third-order valence-electron chi connectivity index (χ3n) is 4.70. The summed E-state index contributed by atoms with van der Waals surface area (Å²) < 4.78 is 33.3. The number of nitrogens with one attached hydrogen (secondary N) is 1. The summed E-state index contributed by atoms with van der Waals surface area (Å²) in [6, 6.07) is 13.9. The van der Waals surface area contributed by atoms with Crippen LogP contribution in [0.1, 0.15) is 63.9 Å². The first-order chi connectivity index (χ1) is 13.5. The molecule has 0 atom stereocenters. The van der Waals surface area contributed by atoms with Gasteiger partial charge in [-0.3, -0.25) is 4.72 Å². The third kappa shape index (κ3) is 7.93. The smallest absolute Gasteiger partial charge is 0.261 e. The van der Waals surface area contributed by atoms with Gasteiger partial charge in [-0.1, -0.05) is 69.6 Å². The van der Waals surface area contributed by atoms with Gasteiger partial charge >= 0.3 is 0 Å². The maximum atomic E-state index is 12.5. The van der Waals surface area contributed by atoms with Crippen molar-refractivity contribution in [3.05, 3.63) is 54.1 Å². The molecule has 0 unspecified atom stereocenters. The van der Waals surface area contributed by atoms with Crippen molar-refractivity contribution in [1.29, 1.82) is 0 Å². The molecule has 2 aromatic rings. The van der Waals surface area contributed by atoms with Crippen molar-refractivity contribution in [2.24, 2.45) is 0 Å². The molecule has 0 aliphatic heterocycles. The molecule has 5 heteroatoms. The Labute approximate surface area is 170 Å². The Morgan fingerprint density at radius 2 is 1.36 bits per heavy atom. The van der Waals surface area contributed by atoms with Gasteiger partial charge in [-0.05, 0) is 49.7 Å². The minimum absolute atomic E-state index is 0.229. The van der Waals surface area contributed by atoms with E-state index in [-0.39, 0.29) is 4.90 Å². The molecule has 2 aromatic carbocycles. The van der Waals surface area contributed by atoms with E-state index in [0.29, 0.717) is 18.0 Å². The van der Waals surface area contributed by atoms with Crippen molar-refractivity contribution < 1.29 is 13.2 Å². The first kappa shape index (κ1) is 22.3. The summed E-state index contributed by atoms with van der Waals surface area (Å²) >= 11 is 0. The fourth-order valence-electron chi connectivity index (χ4n) is 2.98.